The largest absolute Gasteiger partial charge is 0.573 e. The predicted octanol–water partition coefficient (Wildman–Crippen LogP) is 3.51. The summed E-state index contributed by atoms with van der Waals surface area (Å²) >= 11 is 0. The summed E-state index contributed by atoms with van der Waals surface area (Å²) < 4.78 is 45.9. The van der Waals surface area contributed by atoms with Crippen molar-refractivity contribution >= 4 is 23.0 Å². The number of ether oxygens (including phenoxy) is 2. The van der Waals surface area contributed by atoms with Gasteiger partial charge in [-0.1, -0.05) is 17.3 Å². The molecule has 3 aromatic rings. The monoisotopic (exact) mass is 489 g/mol. The summed E-state index contributed by atoms with van der Waals surface area (Å²) in [5.41, 5.74) is 3.36. The highest BCUT2D eigenvalue weighted by molar-refractivity contribution is 5.99. The Morgan fingerprint density at radius 2 is 1.69 bits per heavy atom. The lowest BCUT2D eigenvalue weighted by Crippen LogP contribution is -2.36. The summed E-state index contributed by atoms with van der Waals surface area (Å²) in [5.74, 6) is -0.0909. The summed E-state index contributed by atoms with van der Waals surface area (Å²) in [6, 6.07) is 8.74. The Morgan fingerprint density at radius 1 is 1.03 bits per heavy atom. The number of alkyl halides is 3. The van der Waals surface area contributed by atoms with Crippen molar-refractivity contribution in [2.75, 3.05) is 26.2 Å². The van der Waals surface area contributed by atoms with Gasteiger partial charge in [-0.05, 0) is 42.3 Å². The number of hydrogen-bond donors (Lipinski definition) is 1. The van der Waals surface area contributed by atoms with Gasteiger partial charge in [0.2, 0.25) is 0 Å². The molecule has 2 saturated heterocycles. The molecule has 0 unspecified atom stereocenters. The summed E-state index contributed by atoms with van der Waals surface area (Å²) in [4.78, 5) is 29.1. The van der Waals surface area contributed by atoms with Crippen molar-refractivity contribution in [1.29, 1.82) is 0 Å². The molecule has 184 valence electrons. The van der Waals surface area contributed by atoms with E-state index >= 15 is 0 Å². The molecule has 0 saturated carbocycles. The zero-order chi connectivity index (χ0) is 24.7. The van der Waals surface area contributed by atoms with Crippen molar-refractivity contribution in [3.8, 4) is 5.75 Å². The van der Waals surface area contributed by atoms with Crippen molar-refractivity contribution in [3.63, 3.8) is 0 Å². The summed E-state index contributed by atoms with van der Waals surface area (Å²) in [7, 11) is 0. The Kier molecular flexibility index (Phi) is 5.73. The van der Waals surface area contributed by atoms with Gasteiger partial charge in [-0.25, -0.2) is 4.79 Å². The molecule has 0 radical (unpaired) electrons. The third kappa shape index (κ3) is 4.73. The van der Waals surface area contributed by atoms with E-state index in [0.717, 1.165) is 11.1 Å². The molecular weight excluding hydrogens is 467 g/mol. The number of hydrogen-bond acceptors (Lipinski definition) is 6. The molecule has 2 aromatic carbocycles. The first kappa shape index (κ1) is 22.9. The van der Waals surface area contributed by atoms with Crippen LogP contribution in [0, 0.1) is 18.8 Å². The predicted molar refractivity (Wildman–Crippen MR) is 116 cm³/mol. The topological polar surface area (TPSA) is 101 Å². The van der Waals surface area contributed by atoms with Gasteiger partial charge >= 0.3 is 12.5 Å². The number of nitrogens with one attached hydrogen (secondary N) is 1. The van der Waals surface area contributed by atoms with Crippen LogP contribution in [0.25, 0.3) is 11.0 Å². The van der Waals surface area contributed by atoms with E-state index < -0.39 is 12.5 Å². The fourth-order valence-corrected chi connectivity index (χ4v) is 4.78. The minimum absolute atomic E-state index is 0.0612. The average Bonchev–Trinajstić information content (AvgIpc) is 3.52. The second-order valence-corrected chi connectivity index (χ2v) is 8.83. The minimum Gasteiger partial charge on any atom is -0.445 e. The molecule has 0 spiro atoms. The third-order valence-electron chi connectivity index (χ3n) is 6.53. The molecule has 35 heavy (non-hydrogen) atoms. The highest BCUT2D eigenvalue weighted by atomic mass is 19.4. The van der Waals surface area contributed by atoms with E-state index in [4.69, 9.17) is 4.74 Å². The van der Waals surface area contributed by atoms with E-state index in [1.54, 1.807) is 17.0 Å². The number of nitrogens with zero attached hydrogens (tertiary/aromatic N) is 4. The number of aryl methyl sites for hydroxylation is 1. The average molecular weight is 489 g/mol. The molecule has 9 nitrogen and oxygen atoms in total. The van der Waals surface area contributed by atoms with E-state index in [0.29, 0.717) is 42.8 Å². The SMILES string of the molecule is Cc1c(C(=O)N2C[C@H]3CN(C(=O)OCc4ccc(OC(F)(F)F)cc4)C[C@@H]3C2)ccc2[nH]nnc12. The first-order valence-electron chi connectivity index (χ1n) is 11.0. The van der Waals surface area contributed by atoms with Crippen LogP contribution in [0.5, 0.6) is 5.75 Å². The highest BCUT2D eigenvalue weighted by Crippen LogP contribution is 2.33. The van der Waals surface area contributed by atoms with Gasteiger partial charge in [0, 0.05) is 43.6 Å². The lowest BCUT2D eigenvalue weighted by atomic mass is 10.0. The number of halogens is 3. The lowest BCUT2D eigenvalue weighted by Gasteiger charge is -2.22. The van der Waals surface area contributed by atoms with Crippen LogP contribution in [0.3, 0.4) is 0 Å². The third-order valence-corrected chi connectivity index (χ3v) is 6.53. The molecule has 2 atom stereocenters. The molecule has 3 heterocycles. The normalized spacial score (nSPS) is 19.8. The highest BCUT2D eigenvalue weighted by Gasteiger charge is 2.43. The number of aromatic amines is 1. The first-order valence-corrected chi connectivity index (χ1v) is 11.0. The van der Waals surface area contributed by atoms with Crippen molar-refractivity contribution in [2.24, 2.45) is 11.8 Å². The minimum atomic E-state index is -4.76. The van der Waals surface area contributed by atoms with E-state index in [-0.39, 0.29) is 30.1 Å². The van der Waals surface area contributed by atoms with Crippen LogP contribution in [0.1, 0.15) is 21.5 Å². The van der Waals surface area contributed by atoms with E-state index in [2.05, 4.69) is 20.1 Å². The molecule has 2 amide bonds. The van der Waals surface area contributed by atoms with Crippen molar-refractivity contribution < 1.29 is 32.2 Å². The summed E-state index contributed by atoms with van der Waals surface area (Å²) in [5, 5.41) is 10.6. The van der Waals surface area contributed by atoms with Crippen LogP contribution in [0.15, 0.2) is 36.4 Å². The van der Waals surface area contributed by atoms with E-state index in [1.807, 2.05) is 11.8 Å². The second kappa shape index (κ2) is 8.75. The molecule has 2 aliphatic rings. The van der Waals surface area contributed by atoms with Gasteiger partial charge in [0.1, 0.15) is 17.9 Å². The molecule has 1 aromatic heterocycles. The van der Waals surface area contributed by atoms with Gasteiger partial charge in [-0.3, -0.25) is 9.89 Å². The van der Waals surface area contributed by atoms with Crippen LogP contribution >= 0.6 is 0 Å². The Bertz CT molecular complexity index is 1250. The summed E-state index contributed by atoms with van der Waals surface area (Å²) in [6.45, 7) is 3.84. The van der Waals surface area contributed by atoms with Gasteiger partial charge in [0.25, 0.3) is 5.91 Å². The molecule has 1 N–H and O–H groups in total. The Labute approximate surface area is 197 Å². The van der Waals surface area contributed by atoms with E-state index in [1.165, 1.54) is 24.3 Å². The number of aromatic nitrogens is 3. The van der Waals surface area contributed by atoms with E-state index in [9.17, 15) is 22.8 Å². The smallest absolute Gasteiger partial charge is 0.445 e. The Morgan fingerprint density at radius 3 is 2.34 bits per heavy atom. The van der Waals surface area contributed by atoms with Crippen LogP contribution in [-0.2, 0) is 11.3 Å². The van der Waals surface area contributed by atoms with Crippen molar-refractivity contribution in [1.82, 2.24) is 25.2 Å². The quantitative estimate of drug-likeness (QED) is 0.602. The molecule has 5 rings (SSSR count). The molecule has 0 aliphatic carbocycles. The van der Waals surface area contributed by atoms with Crippen molar-refractivity contribution in [2.45, 2.75) is 19.9 Å². The molecule has 2 fully saturated rings. The van der Waals surface area contributed by atoms with Gasteiger partial charge in [0.05, 0.1) is 5.52 Å². The standard InChI is InChI=1S/C23H22F3N5O4/c1-13-18(6-7-19-20(13)28-29-27-19)21(32)30-8-15-10-31(11-16(15)9-30)22(33)34-12-14-2-4-17(5-3-14)35-23(24,25)26/h2-7,15-16H,8-12H2,1H3,(H,27,28,29)/t15-,16-/m0/s1. The maximum Gasteiger partial charge on any atom is 0.573 e. The number of benzene rings is 2. The Balaban J connectivity index is 1.13. The number of fused-ring (bicyclic) bond motifs is 2. The number of carbonyl (C=O) groups is 2. The summed E-state index contributed by atoms with van der Waals surface area (Å²) in [6.07, 6.45) is -5.24. The van der Waals surface area contributed by atoms with Crippen LogP contribution in [0.4, 0.5) is 18.0 Å². The lowest BCUT2D eigenvalue weighted by molar-refractivity contribution is -0.274. The molecule has 2 aliphatic heterocycles. The van der Waals surface area contributed by atoms with Gasteiger partial charge in [-0.2, -0.15) is 0 Å². The number of carbonyl (C=O) groups excluding carboxylic acids is 2. The molecule has 12 heteroatoms. The molecule has 0 bridgehead atoms. The van der Waals surface area contributed by atoms with Crippen LogP contribution in [0.2, 0.25) is 0 Å². The van der Waals surface area contributed by atoms with Gasteiger partial charge < -0.3 is 19.3 Å². The second-order valence-electron chi connectivity index (χ2n) is 8.83. The first-order chi connectivity index (χ1) is 16.7. The number of likely N-dealkylation sites (tertiary alicyclic amines) is 2. The van der Waals surface area contributed by atoms with Gasteiger partial charge in [-0.15, -0.1) is 18.3 Å². The zero-order valence-corrected chi connectivity index (χ0v) is 18.7. The van der Waals surface area contributed by atoms with Crippen LogP contribution in [-0.4, -0.2) is 69.8 Å². The maximum atomic E-state index is 13.1. The van der Waals surface area contributed by atoms with Crippen molar-refractivity contribution in [3.05, 3.63) is 53.1 Å². The Hall–Kier alpha value is -3.83. The number of amides is 2. The fourth-order valence-electron chi connectivity index (χ4n) is 4.78. The van der Waals surface area contributed by atoms with Crippen LogP contribution < -0.4 is 4.74 Å². The fraction of sp³-hybridized carbons (Fsp3) is 0.391. The molecular formula is C23H22F3N5O4. The number of H-pyrrole nitrogens is 1. The number of rotatable bonds is 4. The van der Waals surface area contributed by atoms with Gasteiger partial charge in [0.15, 0.2) is 0 Å². The zero-order valence-electron chi connectivity index (χ0n) is 18.7. The maximum absolute atomic E-state index is 13.1.